The zero-order valence-corrected chi connectivity index (χ0v) is 29.0. The second kappa shape index (κ2) is 16.1. The van der Waals surface area contributed by atoms with Crippen molar-refractivity contribution in [1.82, 2.24) is 0 Å². The molecule has 1 rings (SSSR count). The van der Waals surface area contributed by atoms with E-state index in [4.69, 9.17) is 16.5 Å². The Morgan fingerprint density at radius 2 is 0.594 bits per heavy atom. The van der Waals surface area contributed by atoms with Crippen molar-refractivity contribution < 1.29 is 16.5 Å². The maximum absolute atomic E-state index is 7.15. The molecule has 12 heteroatoms. The van der Waals surface area contributed by atoms with Crippen molar-refractivity contribution in [1.29, 1.82) is 0 Å². The van der Waals surface area contributed by atoms with Crippen molar-refractivity contribution in [2.45, 2.75) is 78.1 Å². The number of rotatable bonds is 16. The van der Waals surface area contributed by atoms with Crippen molar-refractivity contribution in [3.8, 4) is 0 Å². The first kappa shape index (κ1) is 32.1. The molecular weight excluding hydrogens is 545 g/mol. The summed E-state index contributed by atoms with van der Waals surface area (Å²) in [6.07, 6.45) is 0. The molecular formula is C20H48O4S4Si4. The molecule has 1 heterocycles. The molecule has 0 saturated carbocycles. The van der Waals surface area contributed by atoms with E-state index in [1.165, 1.54) is 0 Å². The summed E-state index contributed by atoms with van der Waals surface area (Å²) in [4.78, 5) is 0. The monoisotopic (exact) mass is 592 g/mol. The van der Waals surface area contributed by atoms with Crippen molar-refractivity contribution in [3.63, 3.8) is 0 Å². The van der Waals surface area contributed by atoms with Gasteiger partial charge in [-0.3, -0.25) is 0 Å². The SMILES string of the molecule is CCSCC[Si]1(C)O[Si](C)(CCSCC)O[Si](C)(CCSCC)O[Si](C)(CCSCC)O1. The molecule has 0 aromatic carbocycles. The molecule has 0 radical (unpaired) electrons. The van der Waals surface area contributed by atoms with E-state index >= 15 is 0 Å². The van der Waals surface area contributed by atoms with Crippen LogP contribution < -0.4 is 0 Å². The van der Waals surface area contributed by atoms with Crippen molar-refractivity contribution >= 4 is 81.3 Å². The van der Waals surface area contributed by atoms with Crippen LogP contribution in [0.2, 0.25) is 50.4 Å². The Hall–Kier alpha value is 2.11. The molecule has 1 fully saturated rings. The molecule has 0 aliphatic carbocycles. The summed E-state index contributed by atoms with van der Waals surface area (Å²) in [6, 6.07) is 4.09. The normalized spacial score (nSPS) is 33.8. The molecule has 0 spiro atoms. The Balaban J connectivity index is 3.21. The van der Waals surface area contributed by atoms with Gasteiger partial charge in [0, 0.05) is 0 Å². The molecule has 0 atom stereocenters. The van der Waals surface area contributed by atoms with Crippen molar-refractivity contribution in [3.05, 3.63) is 0 Å². The quantitative estimate of drug-likeness (QED) is 0.136. The van der Waals surface area contributed by atoms with Crippen LogP contribution in [0.3, 0.4) is 0 Å². The highest BCUT2D eigenvalue weighted by molar-refractivity contribution is 8.00. The van der Waals surface area contributed by atoms with E-state index in [1.54, 1.807) is 0 Å². The molecule has 0 amide bonds. The van der Waals surface area contributed by atoms with Crippen LogP contribution in [0.1, 0.15) is 27.7 Å². The van der Waals surface area contributed by atoms with E-state index in [-0.39, 0.29) is 0 Å². The van der Waals surface area contributed by atoms with Gasteiger partial charge in [-0.2, -0.15) is 47.0 Å². The fraction of sp³-hybridized carbons (Fsp3) is 1.00. The lowest BCUT2D eigenvalue weighted by molar-refractivity contribution is 0.226. The standard InChI is InChI=1S/C20H48O4S4Si4/c1-9-25-13-17-29(5)21-30(6,18-14-26-10-2)23-32(8,20-16-28-12-4)24-31(7,22-29)19-15-27-11-3/h9-20H2,1-8H3. The molecule has 1 aliphatic rings. The van der Waals surface area contributed by atoms with Gasteiger partial charge in [0.05, 0.1) is 0 Å². The minimum atomic E-state index is -2.40. The van der Waals surface area contributed by atoms with E-state index in [0.29, 0.717) is 0 Å². The Kier molecular flexibility index (Phi) is 16.1. The van der Waals surface area contributed by atoms with Crippen LogP contribution in [0.25, 0.3) is 0 Å². The van der Waals surface area contributed by atoms with Gasteiger partial charge in [-0.05, 0) is 96.4 Å². The summed E-state index contributed by atoms with van der Waals surface area (Å²) in [5, 5.41) is 0. The second-order valence-electron chi connectivity index (χ2n) is 8.73. The molecule has 32 heavy (non-hydrogen) atoms. The molecule has 1 aliphatic heterocycles. The third-order valence-electron chi connectivity index (χ3n) is 5.35. The zero-order valence-electron chi connectivity index (χ0n) is 21.8. The van der Waals surface area contributed by atoms with E-state index in [9.17, 15) is 0 Å². The first-order chi connectivity index (χ1) is 15.1. The van der Waals surface area contributed by atoms with Gasteiger partial charge in [-0.1, -0.05) is 27.7 Å². The number of hydrogen-bond donors (Lipinski definition) is 0. The fourth-order valence-corrected chi connectivity index (χ4v) is 33.4. The lowest BCUT2D eigenvalue weighted by Gasteiger charge is -2.50. The molecule has 0 bridgehead atoms. The van der Waals surface area contributed by atoms with Gasteiger partial charge in [0.25, 0.3) is 0 Å². The van der Waals surface area contributed by atoms with Gasteiger partial charge < -0.3 is 16.5 Å². The highest BCUT2D eigenvalue weighted by Gasteiger charge is 2.56. The Morgan fingerprint density at radius 3 is 0.750 bits per heavy atom. The molecule has 0 aromatic rings. The maximum atomic E-state index is 7.15. The predicted octanol–water partition coefficient (Wildman–Crippen LogP) is 7.37. The zero-order chi connectivity index (χ0) is 24.1. The van der Waals surface area contributed by atoms with Crippen LogP contribution in [-0.4, -0.2) is 80.3 Å². The first-order valence-electron chi connectivity index (χ1n) is 12.2. The van der Waals surface area contributed by atoms with Crippen LogP contribution in [-0.2, 0) is 16.5 Å². The van der Waals surface area contributed by atoms with Crippen molar-refractivity contribution in [2.24, 2.45) is 0 Å². The highest BCUT2D eigenvalue weighted by Crippen LogP contribution is 2.38. The summed E-state index contributed by atoms with van der Waals surface area (Å²) in [6.45, 7) is 18.1. The van der Waals surface area contributed by atoms with Crippen LogP contribution in [0.15, 0.2) is 0 Å². The average molecular weight is 593 g/mol. The number of thioether (sulfide) groups is 4. The Morgan fingerprint density at radius 1 is 0.406 bits per heavy atom. The van der Waals surface area contributed by atoms with Crippen LogP contribution in [0, 0.1) is 0 Å². The van der Waals surface area contributed by atoms with Gasteiger partial charge >= 0.3 is 34.2 Å². The van der Waals surface area contributed by atoms with Crippen LogP contribution >= 0.6 is 47.0 Å². The Bertz CT molecular complexity index is 426. The summed E-state index contributed by atoms with van der Waals surface area (Å²) >= 11 is 7.96. The first-order valence-corrected chi connectivity index (χ1v) is 26.9. The molecule has 4 nitrogen and oxygen atoms in total. The van der Waals surface area contributed by atoms with E-state index in [0.717, 1.165) is 70.2 Å². The van der Waals surface area contributed by atoms with E-state index < -0.39 is 34.2 Å². The van der Waals surface area contributed by atoms with Gasteiger partial charge in [0.2, 0.25) is 0 Å². The second-order valence-corrected chi connectivity index (χ2v) is 28.6. The smallest absolute Gasteiger partial charge is 0.318 e. The summed E-state index contributed by atoms with van der Waals surface area (Å²) in [5.74, 6) is 8.96. The summed E-state index contributed by atoms with van der Waals surface area (Å²) < 4.78 is 28.6. The van der Waals surface area contributed by atoms with Gasteiger partial charge in [0.1, 0.15) is 0 Å². The maximum Gasteiger partial charge on any atom is 0.318 e. The van der Waals surface area contributed by atoms with Crippen LogP contribution in [0.5, 0.6) is 0 Å². The summed E-state index contributed by atoms with van der Waals surface area (Å²) in [7, 11) is -9.59. The molecule has 1 saturated heterocycles. The molecule has 0 unspecified atom stereocenters. The number of hydrogen-bond acceptors (Lipinski definition) is 8. The van der Waals surface area contributed by atoms with Crippen molar-refractivity contribution in [2.75, 3.05) is 46.0 Å². The molecule has 0 N–H and O–H groups in total. The topological polar surface area (TPSA) is 36.9 Å². The largest absolute Gasteiger partial charge is 0.416 e. The predicted molar refractivity (Wildman–Crippen MR) is 162 cm³/mol. The summed E-state index contributed by atoms with van der Waals surface area (Å²) in [5.41, 5.74) is 0. The molecule has 0 aromatic heterocycles. The highest BCUT2D eigenvalue weighted by atomic mass is 32.2. The van der Waals surface area contributed by atoms with Gasteiger partial charge in [0.15, 0.2) is 0 Å². The van der Waals surface area contributed by atoms with Crippen LogP contribution in [0.4, 0.5) is 0 Å². The van der Waals surface area contributed by atoms with E-state index in [2.05, 4.69) is 53.9 Å². The van der Waals surface area contributed by atoms with E-state index in [1.807, 2.05) is 47.0 Å². The third-order valence-corrected chi connectivity index (χ3v) is 28.8. The fourth-order valence-electron chi connectivity index (χ4n) is 3.93. The molecule has 192 valence electrons. The van der Waals surface area contributed by atoms with Gasteiger partial charge in [-0.15, -0.1) is 0 Å². The lowest BCUT2D eigenvalue weighted by Crippen LogP contribution is -2.67. The average Bonchev–Trinajstić information content (AvgIpc) is 2.67. The minimum absolute atomic E-state index is 1.02. The van der Waals surface area contributed by atoms with Gasteiger partial charge in [-0.25, -0.2) is 0 Å². The lowest BCUT2D eigenvalue weighted by atomic mass is 10.9. The Labute approximate surface area is 220 Å². The minimum Gasteiger partial charge on any atom is -0.416 e. The third kappa shape index (κ3) is 12.4.